The van der Waals surface area contributed by atoms with Gasteiger partial charge in [-0.2, -0.15) is 0 Å². The summed E-state index contributed by atoms with van der Waals surface area (Å²) in [6.07, 6.45) is 13.0. The first-order valence-electron chi connectivity index (χ1n) is 14.8. The van der Waals surface area contributed by atoms with Crippen LogP contribution in [0.15, 0.2) is 18.6 Å². The molecule has 1 aromatic heterocycles. The molecule has 2 amide bonds. The molecular weight excluding hydrogens is 510 g/mol. The second kappa shape index (κ2) is 22.9. The largest absolute Gasteiger partial charge is 0.465 e. The van der Waals surface area contributed by atoms with Crippen molar-refractivity contribution in [2.45, 2.75) is 92.5 Å². The minimum atomic E-state index is -0.403. The van der Waals surface area contributed by atoms with E-state index in [4.69, 9.17) is 4.74 Å². The van der Waals surface area contributed by atoms with Gasteiger partial charge in [-0.25, -0.2) is 4.98 Å². The molecule has 228 valence electrons. The Kier molecular flexibility index (Phi) is 21.2. The molecule has 1 heterocycles. The van der Waals surface area contributed by atoms with Crippen molar-refractivity contribution in [1.82, 2.24) is 25.5 Å². The third-order valence-corrected chi connectivity index (χ3v) is 5.88. The molecule has 0 spiro atoms. The Bertz CT molecular complexity index is 824. The first kappa shape index (κ1) is 37.1. The molecule has 1 aromatic rings. The van der Waals surface area contributed by atoms with E-state index in [0.717, 1.165) is 50.7 Å². The lowest BCUT2D eigenvalue weighted by atomic mass is 9.84. The molecule has 2 N–H and O–H groups in total. The Hall–Kier alpha value is -2.88. The Morgan fingerprint density at radius 2 is 1.70 bits per heavy atom. The summed E-state index contributed by atoms with van der Waals surface area (Å²) in [6.45, 7) is 13.6. The third kappa shape index (κ3) is 17.7. The minimum absolute atomic E-state index is 0.0394. The molecule has 0 saturated heterocycles. The summed E-state index contributed by atoms with van der Waals surface area (Å²) in [6, 6.07) is -0.403. The molecule has 10 heteroatoms. The topological polar surface area (TPSA) is 131 Å². The van der Waals surface area contributed by atoms with E-state index in [9.17, 15) is 19.2 Å². The van der Waals surface area contributed by atoms with Gasteiger partial charge in [-0.05, 0) is 57.4 Å². The highest BCUT2D eigenvalue weighted by Gasteiger charge is 2.28. The molecule has 0 aromatic carbocycles. The SMILES string of the molecule is CC.CC(C)C.CCOC(=O)CN(CC1CC1)C(=O)CNC.O=CC(NC(=O)c1cnccn1)C1CCCCC1. The molecule has 0 radical (unpaired) electrons. The number of amides is 2. The van der Waals surface area contributed by atoms with Crippen molar-refractivity contribution in [1.29, 1.82) is 0 Å². The van der Waals surface area contributed by atoms with Crippen molar-refractivity contribution in [3.05, 3.63) is 24.3 Å². The molecule has 0 bridgehead atoms. The van der Waals surface area contributed by atoms with Crippen molar-refractivity contribution in [2.75, 3.05) is 33.3 Å². The number of esters is 1. The molecule has 2 aliphatic rings. The number of nitrogens with zero attached hydrogens (tertiary/aromatic N) is 3. The number of ether oxygens (including phenoxy) is 1. The maximum atomic E-state index is 11.9. The Morgan fingerprint density at radius 3 is 2.17 bits per heavy atom. The highest BCUT2D eigenvalue weighted by atomic mass is 16.5. The van der Waals surface area contributed by atoms with Gasteiger partial charge in [0.25, 0.3) is 5.91 Å². The number of hydrogen-bond donors (Lipinski definition) is 2. The van der Waals surface area contributed by atoms with Crippen LogP contribution >= 0.6 is 0 Å². The molecule has 40 heavy (non-hydrogen) atoms. The van der Waals surface area contributed by atoms with Gasteiger partial charge >= 0.3 is 5.97 Å². The van der Waals surface area contributed by atoms with Gasteiger partial charge in [0.1, 0.15) is 18.5 Å². The number of carbonyl (C=O) groups is 4. The zero-order valence-corrected chi connectivity index (χ0v) is 25.8. The second-order valence-corrected chi connectivity index (χ2v) is 10.4. The second-order valence-electron chi connectivity index (χ2n) is 10.4. The highest BCUT2D eigenvalue weighted by Crippen LogP contribution is 2.29. The van der Waals surface area contributed by atoms with Gasteiger partial charge < -0.3 is 25.1 Å². The molecule has 0 aliphatic heterocycles. The van der Waals surface area contributed by atoms with E-state index in [2.05, 4.69) is 41.4 Å². The first-order chi connectivity index (χ1) is 19.2. The van der Waals surface area contributed by atoms with Crippen molar-refractivity contribution in [3.63, 3.8) is 0 Å². The number of aldehydes is 1. The summed E-state index contributed by atoms with van der Waals surface area (Å²) in [7, 11) is 1.72. The van der Waals surface area contributed by atoms with Crippen molar-refractivity contribution in [2.24, 2.45) is 17.8 Å². The smallest absolute Gasteiger partial charge is 0.325 e. The Balaban J connectivity index is 0.000000640. The lowest BCUT2D eigenvalue weighted by Crippen LogP contribution is -2.42. The summed E-state index contributed by atoms with van der Waals surface area (Å²) in [5.41, 5.74) is 0.250. The van der Waals surface area contributed by atoms with E-state index in [1.807, 2.05) is 13.8 Å². The molecule has 3 rings (SSSR count). The zero-order valence-electron chi connectivity index (χ0n) is 25.8. The quantitative estimate of drug-likeness (QED) is 0.305. The van der Waals surface area contributed by atoms with Crippen LogP contribution in [0.25, 0.3) is 0 Å². The van der Waals surface area contributed by atoms with Gasteiger partial charge in [0.15, 0.2) is 0 Å². The van der Waals surface area contributed by atoms with Gasteiger partial charge in [-0.3, -0.25) is 19.4 Å². The van der Waals surface area contributed by atoms with Gasteiger partial charge in [0.2, 0.25) is 5.91 Å². The van der Waals surface area contributed by atoms with Gasteiger partial charge in [0.05, 0.1) is 25.4 Å². The van der Waals surface area contributed by atoms with Crippen LogP contribution in [0.4, 0.5) is 0 Å². The van der Waals surface area contributed by atoms with Crippen molar-refractivity contribution in [3.8, 4) is 0 Å². The van der Waals surface area contributed by atoms with Crippen LogP contribution in [-0.4, -0.2) is 78.3 Å². The normalized spacial score (nSPS) is 15.0. The summed E-state index contributed by atoms with van der Waals surface area (Å²) in [4.78, 5) is 55.4. The van der Waals surface area contributed by atoms with Crippen molar-refractivity contribution >= 4 is 24.1 Å². The number of aromatic nitrogens is 2. The van der Waals surface area contributed by atoms with E-state index in [0.29, 0.717) is 19.1 Å². The molecule has 1 unspecified atom stereocenters. The molecule has 2 saturated carbocycles. The lowest BCUT2D eigenvalue weighted by molar-refractivity contribution is -0.148. The number of nitrogens with one attached hydrogen (secondary N) is 2. The van der Waals surface area contributed by atoms with Crippen LogP contribution in [0.2, 0.25) is 0 Å². The molecule has 1 atom stereocenters. The fraction of sp³-hybridized carbons (Fsp3) is 0.733. The van der Waals surface area contributed by atoms with E-state index in [1.54, 1.807) is 18.9 Å². The van der Waals surface area contributed by atoms with Gasteiger partial charge in [-0.1, -0.05) is 53.9 Å². The van der Waals surface area contributed by atoms with E-state index >= 15 is 0 Å². The van der Waals surface area contributed by atoms with Crippen molar-refractivity contribution < 1.29 is 23.9 Å². The Morgan fingerprint density at radius 1 is 1.07 bits per heavy atom. The maximum absolute atomic E-state index is 11.9. The van der Waals surface area contributed by atoms with Crippen LogP contribution in [0.3, 0.4) is 0 Å². The monoisotopic (exact) mass is 563 g/mol. The molecule has 2 fully saturated rings. The number of likely N-dealkylation sites (N-methyl/N-ethyl adjacent to an activating group) is 1. The summed E-state index contributed by atoms with van der Waals surface area (Å²) >= 11 is 0. The summed E-state index contributed by atoms with van der Waals surface area (Å²) in [5, 5.41) is 5.55. The zero-order chi connectivity index (χ0) is 30.3. The number of rotatable bonds is 11. The fourth-order valence-electron chi connectivity index (χ4n) is 3.89. The average molecular weight is 564 g/mol. The van der Waals surface area contributed by atoms with Crippen LogP contribution < -0.4 is 10.6 Å². The average Bonchev–Trinajstić information content (AvgIpc) is 3.78. The van der Waals surface area contributed by atoms with Crippen LogP contribution in [0.5, 0.6) is 0 Å². The summed E-state index contributed by atoms with van der Waals surface area (Å²) in [5.74, 6) is 0.980. The van der Waals surface area contributed by atoms with Crippen LogP contribution in [0.1, 0.15) is 97.0 Å². The predicted octanol–water partition coefficient (Wildman–Crippen LogP) is 4.05. The van der Waals surface area contributed by atoms with E-state index < -0.39 is 6.04 Å². The predicted molar refractivity (Wildman–Crippen MR) is 158 cm³/mol. The number of carbonyl (C=O) groups excluding carboxylic acids is 4. The van der Waals surface area contributed by atoms with E-state index in [1.165, 1.54) is 25.0 Å². The van der Waals surface area contributed by atoms with Gasteiger partial charge in [0, 0.05) is 18.9 Å². The van der Waals surface area contributed by atoms with Crippen LogP contribution in [-0.2, 0) is 19.1 Å². The fourth-order valence-corrected chi connectivity index (χ4v) is 3.89. The molecule has 2 aliphatic carbocycles. The first-order valence-corrected chi connectivity index (χ1v) is 14.8. The third-order valence-electron chi connectivity index (χ3n) is 5.88. The number of hydrogen-bond acceptors (Lipinski definition) is 8. The maximum Gasteiger partial charge on any atom is 0.325 e. The highest BCUT2D eigenvalue weighted by molar-refractivity contribution is 5.93. The molecule has 10 nitrogen and oxygen atoms in total. The van der Waals surface area contributed by atoms with Crippen LogP contribution in [0, 0.1) is 17.8 Å². The molecular formula is C30H53N5O5. The Labute approximate surface area is 241 Å². The van der Waals surface area contributed by atoms with E-state index in [-0.39, 0.29) is 42.5 Å². The minimum Gasteiger partial charge on any atom is -0.465 e. The summed E-state index contributed by atoms with van der Waals surface area (Å²) < 4.78 is 4.85. The van der Waals surface area contributed by atoms with Gasteiger partial charge in [-0.15, -0.1) is 0 Å². The standard InChI is InChI=1S/C13H17N3O2.C11H20N2O3.C4H10.C2H6/c17-9-12(10-4-2-1-3-5-10)16-13(18)11-8-14-6-7-15-11;1-3-16-11(15)8-13(7-9-4-5-9)10(14)6-12-2;1-4(2)3;1-2/h6-10,12H,1-5H2,(H,16,18);9,12H,3-8H2,1-2H3;4H,1-3H3;1-2H3. The lowest BCUT2D eigenvalue weighted by Gasteiger charge is -2.27.